The molecule has 1 N–H and O–H groups in total. The third-order valence-corrected chi connectivity index (χ3v) is 6.23. The molecular formula is C22H20BrClN4O2S. The van der Waals surface area contributed by atoms with Crippen LogP contribution < -0.4 is 5.32 Å². The highest BCUT2D eigenvalue weighted by Crippen LogP contribution is 2.23. The van der Waals surface area contributed by atoms with Gasteiger partial charge in [-0.1, -0.05) is 69.6 Å². The van der Waals surface area contributed by atoms with Gasteiger partial charge in [-0.3, -0.25) is 9.59 Å². The predicted octanol–water partition coefficient (Wildman–Crippen LogP) is 5.35. The first-order chi connectivity index (χ1) is 14.9. The normalized spacial score (nSPS) is 11.7. The van der Waals surface area contributed by atoms with Crippen LogP contribution in [0.25, 0.3) is 0 Å². The lowest BCUT2D eigenvalue weighted by atomic mass is 10.2. The zero-order valence-electron chi connectivity index (χ0n) is 16.7. The molecule has 9 heteroatoms. The molecule has 0 radical (unpaired) electrons. The van der Waals surface area contributed by atoms with Gasteiger partial charge in [0.15, 0.2) is 16.8 Å². The molecule has 0 unspecified atom stereocenters. The van der Waals surface area contributed by atoms with E-state index in [0.717, 1.165) is 4.47 Å². The molecule has 0 saturated heterocycles. The van der Waals surface area contributed by atoms with Gasteiger partial charge in [-0.15, -0.1) is 16.8 Å². The smallest absolute Gasteiger partial charge is 0.253 e. The molecule has 1 heterocycles. The Morgan fingerprint density at radius 2 is 1.94 bits per heavy atom. The van der Waals surface area contributed by atoms with Gasteiger partial charge in [-0.05, 0) is 31.2 Å². The van der Waals surface area contributed by atoms with Crippen LogP contribution in [0.2, 0.25) is 5.02 Å². The maximum absolute atomic E-state index is 12.6. The monoisotopic (exact) mass is 518 g/mol. The van der Waals surface area contributed by atoms with Gasteiger partial charge in [0, 0.05) is 16.6 Å². The number of hydrogen-bond acceptors (Lipinski definition) is 5. The first-order valence-electron chi connectivity index (χ1n) is 9.41. The zero-order chi connectivity index (χ0) is 22.4. The summed E-state index contributed by atoms with van der Waals surface area (Å²) >= 11 is 10.8. The number of aromatic nitrogens is 3. The Morgan fingerprint density at radius 1 is 1.23 bits per heavy atom. The Bertz CT molecular complexity index is 1100. The minimum Gasteiger partial charge on any atom is -0.342 e. The predicted molar refractivity (Wildman–Crippen MR) is 127 cm³/mol. The van der Waals surface area contributed by atoms with E-state index in [1.165, 1.54) is 11.8 Å². The second-order valence-corrected chi connectivity index (χ2v) is 8.90. The minimum absolute atomic E-state index is 0.00715. The summed E-state index contributed by atoms with van der Waals surface area (Å²) < 4.78 is 2.75. The van der Waals surface area contributed by atoms with Crippen LogP contribution in [-0.4, -0.2) is 32.2 Å². The van der Waals surface area contributed by atoms with Gasteiger partial charge in [0.05, 0.1) is 22.4 Å². The number of allylic oxidation sites excluding steroid dienone is 1. The van der Waals surface area contributed by atoms with Crippen molar-refractivity contribution >= 4 is 51.0 Å². The molecule has 6 nitrogen and oxygen atoms in total. The lowest BCUT2D eigenvalue weighted by Crippen LogP contribution is -2.29. The summed E-state index contributed by atoms with van der Waals surface area (Å²) in [5.41, 5.74) is 1.02. The number of carbonyl (C=O) groups is 2. The second kappa shape index (κ2) is 10.7. The number of hydrogen-bond donors (Lipinski definition) is 1. The highest BCUT2D eigenvalue weighted by molar-refractivity contribution is 9.10. The van der Waals surface area contributed by atoms with Crippen LogP contribution in [0.4, 0.5) is 0 Å². The number of nitrogens with zero attached hydrogens (tertiary/aromatic N) is 3. The summed E-state index contributed by atoms with van der Waals surface area (Å²) in [5.74, 6) is 0.481. The maximum atomic E-state index is 12.6. The molecule has 0 aliphatic rings. The van der Waals surface area contributed by atoms with Crippen LogP contribution in [0, 0.1) is 0 Å². The Morgan fingerprint density at radius 3 is 2.61 bits per heavy atom. The van der Waals surface area contributed by atoms with E-state index < -0.39 is 6.04 Å². The van der Waals surface area contributed by atoms with E-state index in [0.29, 0.717) is 33.7 Å². The number of Topliss-reactive ketones (excluding diaryl/α,β-unsaturated/α-hetero) is 1. The Kier molecular flexibility index (Phi) is 8.06. The fraction of sp³-hybridized carbons (Fsp3) is 0.182. The lowest BCUT2D eigenvalue weighted by Gasteiger charge is -2.15. The van der Waals surface area contributed by atoms with E-state index in [2.05, 4.69) is 38.0 Å². The average Bonchev–Trinajstić information content (AvgIpc) is 3.15. The Balaban J connectivity index is 1.72. The molecule has 0 bridgehead atoms. The number of rotatable bonds is 9. The van der Waals surface area contributed by atoms with E-state index in [1.807, 2.05) is 23.6 Å². The molecule has 1 aromatic heterocycles. The van der Waals surface area contributed by atoms with Gasteiger partial charge in [0.1, 0.15) is 0 Å². The van der Waals surface area contributed by atoms with Gasteiger partial charge >= 0.3 is 0 Å². The van der Waals surface area contributed by atoms with Crippen molar-refractivity contribution in [2.75, 3.05) is 5.75 Å². The van der Waals surface area contributed by atoms with Crippen LogP contribution in [0.3, 0.4) is 0 Å². The SMILES string of the molecule is C=CCn1c(SCC(=O)c2ccc(Br)cc2)nnc1[C@@H](C)NC(=O)c1ccccc1Cl. The molecule has 31 heavy (non-hydrogen) atoms. The fourth-order valence-corrected chi connectivity index (χ4v) is 4.20. The molecule has 0 saturated carbocycles. The highest BCUT2D eigenvalue weighted by atomic mass is 79.9. The van der Waals surface area contributed by atoms with Crippen molar-refractivity contribution in [2.45, 2.75) is 24.7 Å². The third kappa shape index (κ3) is 5.84. The molecule has 3 rings (SSSR count). The number of benzene rings is 2. The van der Waals surface area contributed by atoms with E-state index >= 15 is 0 Å². The van der Waals surface area contributed by atoms with E-state index in [-0.39, 0.29) is 17.4 Å². The van der Waals surface area contributed by atoms with Crippen molar-refractivity contribution in [1.82, 2.24) is 20.1 Å². The van der Waals surface area contributed by atoms with Crippen molar-refractivity contribution in [2.24, 2.45) is 0 Å². The quantitative estimate of drug-likeness (QED) is 0.234. The largest absolute Gasteiger partial charge is 0.342 e. The number of carbonyl (C=O) groups excluding carboxylic acids is 2. The van der Waals surface area contributed by atoms with E-state index in [1.54, 1.807) is 42.5 Å². The van der Waals surface area contributed by atoms with Gasteiger partial charge in [-0.25, -0.2) is 0 Å². The van der Waals surface area contributed by atoms with Crippen LogP contribution in [0.1, 0.15) is 39.5 Å². The summed E-state index contributed by atoms with van der Waals surface area (Å²) in [6.07, 6.45) is 1.72. The van der Waals surface area contributed by atoms with Crippen LogP contribution >= 0.6 is 39.3 Å². The Hall–Kier alpha value is -2.42. The van der Waals surface area contributed by atoms with Crippen molar-refractivity contribution in [3.63, 3.8) is 0 Å². The summed E-state index contributed by atoms with van der Waals surface area (Å²) in [4.78, 5) is 25.1. The standard InChI is InChI=1S/C22H20BrClN4O2S/c1-3-12-28-20(14(2)25-21(30)17-6-4-5-7-18(17)24)26-27-22(28)31-13-19(29)15-8-10-16(23)11-9-15/h3-11,14H,1,12-13H2,2H3,(H,25,30)/t14-/m1/s1. The summed E-state index contributed by atoms with van der Waals surface area (Å²) in [6.45, 7) is 6.05. The van der Waals surface area contributed by atoms with Crippen molar-refractivity contribution < 1.29 is 9.59 Å². The fourth-order valence-electron chi connectivity index (χ4n) is 2.86. The summed E-state index contributed by atoms with van der Waals surface area (Å²) in [6, 6.07) is 13.6. The van der Waals surface area contributed by atoms with Gasteiger partial charge in [0.2, 0.25) is 0 Å². The lowest BCUT2D eigenvalue weighted by molar-refractivity contribution is 0.0937. The van der Waals surface area contributed by atoms with Crippen LogP contribution in [0.5, 0.6) is 0 Å². The molecular weight excluding hydrogens is 500 g/mol. The third-order valence-electron chi connectivity index (χ3n) is 4.41. The van der Waals surface area contributed by atoms with Gasteiger partial charge < -0.3 is 9.88 Å². The first kappa shape index (κ1) is 23.2. The number of halogens is 2. The first-order valence-corrected chi connectivity index (χ1v) is 11.6. The highest BCUT2D eigenvalue weighted by Gasteiger charge is 2.21. The number of ketones is 1. The molecule has 1 amide bonds. The molecule has 1 atom stereocenters. The second-order valence-electron chi connectivity index (χ2n) is 6.63. The van der Waals surface area contributed by atoms with E-state index in [9.17, 15) is 9.59 Å². The van der Waals surface area contributed by atoms with Crippen molar-refractivity contribution in [3.05, 3.63) is 87.6 Å². The molecule has 0 fully saturated rings. The molecule has 3 aromatic rings. The van der Waals surface area contributed by atoms with Crippen molar-refractivity contribution in [1.29, 1.82) is 0 Å². The van der Waals surface area contributed by atoms with Gasteiger partial charge in [0.25, 0.3) is 5.91 Å². The maximum Gasteiger partial charge on any atom is 0.253 e. The number of nitrogens with one attached hydrogen (secondary N) is 1. The Labute approximate surface area is 198 Å². The minimum atomic E-state index is -0.423. The molecule has 0 aliphatic heterocycles. The number of amides is 1. The molecule has 160 valence electrons. The van der Waals surface area contributed by atoms with Crippen LogP contribution in [-0.2, 0) is 6.54 Å². The summed E-state index contributed by atoms with van der Waals surface area (Å²) in [7, 11) is 0. The van der Waals surface area contributed by atoms with Gasteiger partial charge in [-0.2, -0.15) is 0 Å². The zero-order valence-corrected chi connectivity index (χ0v) is 19.9. The number of thioether (sulfide) groups is 1. The summed E-state index contributed by atoms with van der Waals surface area (Å²) in [5, 5.41) is 12.3. The molecule has 0 spiro atoms. The average molecular weight is 520 g/mol. The van der Waals surface area contributed by atoms with Crippen LogP contribution in [0.15, 0.2) is 70.8 Å². The van der Waals surface area contributed by atoms with E-state index in [4.69, 9.17) is 11.6 Å². The van der Waals surface area contributed by atoms with Crippen molar-refractivity contribution in [3.8, 4) is 0 Å². The molecule has 2 aromatic carbocycles. The molecule has 0 aliphatic carbocycles. The topological polar surface area (TPSA) is 76.9 Å².